The Morgan fingerprint density at radius 2 is 2.19 bits per heavy atom. The van der Waals surface area contributed by atoms with Crippen molar-refractivity contribution in [3.05, 3.63) is 58.4 Å². The second-order valence-electron chi connectivity index (χ2n) is 9.17. The summed E-state index contributed by atoms with van der Waals surface area (Å²) in [5, 5.41) is 2.68. The molecule has 162 valence electrons. The number of hydrogen-bond donors (Lipinski definition) is 2. The molecule has 1 amide bonds. The van der Waals surface area contributed by atoms with E-state index in [0.29, 0.717) is 17.9 Å². The van der Waals surface area contributed by atoms with Gasteiger partial charge in [0.15, 0.2) is 0 Å². The third kappa shape index (κ3) is 3.40. The lowest BCUT2D eigenvalue weighted by Crippen LogP contribution is -2.26. The van der Waals surface area contributed by atoms with Gasteiger partial charge >= 0.3 is 0 Å². The molecule has 3 aromatic rings. The van der Waals surface area contributed by atoms with Gasteiger partial charge in [-0.1, -0.05) is 0 Å². The van der Waals surface area contributed by atoms with Crippen molar-refractivity contribution in [3.63, 3.8) is 0 Å². The fraction of sp³-hybridized carbons (Fsp3) is 0.435. The first-order valence-corrected chi connectivity index (χ1v) is 10.6. The smallest absolute Gasteiger partial charge is 0.271 e. The first kappa shape index (κ1) is 19.8. The van der Waals surface area contributed by atoms with Crippen LogP contribution in [0.1, 0.15) is 56.1 Å². The molecule has 2 N–H and O–H groups in total. The third-order valence-corrected chi connectivity index (χ3v) is 6.31. The summed E-state index contributed by atoms with van der Waals surface area (Å²) in [7, 11) is 0. The number of amides is 1. The van der Waals surface area contributed by atoms with Crippen molar-refractivity contribution in [1.29, 1.82) is 0 Å². The highest BCUT2D eigenvalue weighted by Gasteiger charge is 2.55. The van der Waals surface area contributed by atoms with E-state index in [1.54, 1.807) is 24.4 Å². The van der Waals surface area contributed by atoms with Gasteiger partial charge in [-0.3, -0.25) is 9.59 Å². The minimum atomic E-state index is -0.416. The molecule has 2 bridgehead atoms. The molecule has 0 spiro atoms. The molecule has 1 aliphatic carbocycles. The van der Waals surface area contributed by atoms with Crippen LogP contribution in [0.4, 0.5) is 5.69 Å². The van der Waals surface area contributed by atoms with Crippen LogP contribution in [0.3, 0.4) is 0 Å². The minimum absolute atomic E-state index is 0.0600. The lowest BCUT2D eigenvalue weighted by molar-refractivity contribution is -0.00627. The fourth-order valence-corrected chi connectivity index (χ4v) is 4.75. The van der Waals surface area contributed by atoms with Crippen molar-refractivity contribution in [2.75, 3.05) is 11.9 Å². The highest BCUT2D eigenvalue weighted by atomic mass is 16.5. The monoisotopic (exact) mass is 422 g/mol. The number of hydrogen-bond acceptors (Lipinski definition) is 5. The summed E-state index contributed by atoms with van der Waals surface area (Å²) >= 11 is 0. The van der Waals surface area contributed by atoms with Gasteiger partial charge in [-0.15, -0.1) is 0 Å². The molecule has 31 heavy (non-hydrogen) atoms. The predicted molar refractivity (Wildman–Crippen MR) is 116 cm³/mol. The molecule has 1 saturated heterocycles. The van der Waals surface area contributed by atoms with Gasteiger partial charge < -0.3 is 24.2 Å². The maximum Gasteiger partial charge on any atom is 0.271 e. The van der Waals surface area contributed by atoms with E-state index < -0.39 is 5.91 Å². The van der Waals surface area contributed by atoms with Gasteiger partial charge in [-0.25, -0.2) is 4.98 Å². The Balaban J connectivity index is 1.54. The van der Waals surface area contributed by atoms with E-state index >= 15 is 0 Å². The summed E-state index contributed by atoms with van der Waals surface area (Å²) in [5.74, 6) is 0.0150. The minimum Gasteiger partial charge on any atom is -0.490 e. The first-order valence-electron chi connectivity index (χ1n) is 10.6. The highest BCUT2D eigenvalue weighted by molar-refractivity contribution is 6.06. The number of carbonyl (C=O) groups excluding carboxylic acids is 1. The number of nitrogens with zero attached hydrogens (tertiary/aromatic N) is 2. The normalized spacial score (nSPS) is 24.8. The molecule has 2 unspecified atom stereocenters. The van der Waals surface area contributed by atoms with E-state index in [2.05, 4.69) is 17.2 Å². The number of nitrogens with one attached hydrogen (secondary N) is 2. The van der Waals surface area contributed by atoms with E-state index in [1.807, 2.05) is 24.4 Å². The Kier molecular flexibility index (Phi) is 4.44. The Hall–Kier alpha value is -3.13. The van der Waals surface area contributed by atoms with E-state index in [4.69, 9.17) is 14.5 Å². The van der Waals surface area contributed by atoms with Crippen LogP contribution in [0.5, 0.6) is 5.75 Å². The summed E-state index contributed by atoms with van der Waals surface area (Å²) in [6.45, 7) is 6.64. The molecule has 0 radical (unpaired) electrons. The van der Waals surface area contributed by atoms with Gasteiger partial charge in [0.05, 0.1) is 29.6 Å². The number of fused-ring (bicyclic) bond motifs is 3. The van der Waals surface area contributed by atoms with Gasteiger partial charge in [0.2, 0.25) is 0 Å². The topological polar surface area (TPSA) is 97.7 Å². The number of H-pyrrole nitrogens is 1. The molecule has 1 saturated carbocycles. The standard InChI is InChI=1S/C23H26N4O4/c1-14(2)31-17-9-19-26-18(23-7-6-22(3,12-23)30-13-23)11-27(19)10-15(17)20(28)25-16-5-4-8-24-21(16)29/h4-5,8-11,14H,6-7,12-13H2,1-3H3,(H,24,29)(H,25,28). The van der Waals surface area contributed by atoms with Crippen molar-refractivity contribution < 1.29 is 14.3 Å². The van der Waals surface area contributed by atoms with Crippen LogP contribution in [0.15, 0.2) is 41.6 Å². The van der Waals surface area contributed by atoms with Crippen LogP contribution in [-0.2, 0) is 10.2 Å². The second kappa shape index (κ2) is 6.95. The molecule has 8 heteroatoms. The molecule has 5 rings (SSSR count). The van der Waals surface area contributed by atoms with Crippen LogP contribution < -0.4 is 15.6 Å². The average molecular weight is 422 g/mol. The molecule has 2 atom stereocenters. The average Bonchev–Trinajstić information content (AvgIpc) is 3.39. The number of aromatic nitrogens is 3. The zero-order valence-electron chi connectivity index (χ0n) is 17.9. The van der Waals surface area contributed by atoms with Crippen LogP contribution in [0, 0.1) is 0 Å². The Morgan fingerprint density at radius 3 is 2.84 bits per heavy atom. The van der Waals surface area contributed by atoms with E-state index in [0.717, 1.165) is 30.6 Å². The van der Waals surface area contributed by atoms with E-state index in [-0.39, 0.29) is 28.4 Å². The van der Waals surface area contributed by atoms with Crippen molar-refractivity contribution in [3.8, 4) is 5.75 Å². The maximum atomic E-state index is 13.0. The summed E-state index contributed by atoms with van der Waals surface area (Å²) < 4.78 is 13.8. The van der Waals surface area contributed by atoms with Crippen molar-refractivity contribution in [1.82, 2.24) is 14.4 Å². The van der Waals surface area contributed by atoms with Crippen molar-refractivity contribution >= 4 is 17.2 Å². The fourth-order valence-electron chi connectivity index (χ4n) is 4.75. The van der Waals surface area contributed by atoms with Gasteiger partial charge in [0, 0.05) is 30.1 Å². The number of rotatable bonds is 5. The first-order chi connectivity index (χ1) is 14.8. The maximum absolute atomic E-state index is 13.0. The summed E-state index contributed by atoms with van der Waals surface area (Å²) in [4.78, 5) is 32.5. The third-order valence-electron chi connectivity index (χ3n) is 6.31. The Labute approximate surface area is 179 Å². The lowest BCUT2D eigenvalue weighted by atomic mass is 9.84. The van der Waals surface area contributed by atoms with Crippen LogP contribution in [-0.4, -0.2) is 38.6 Å². The van der Waals surface area contributed by atoms with Crippen molar-refractivity contribution in [2.45, 2.75) is 57.2 Å². The molecule has 8 nitrogen and oxygen atoms in total. The zero-order chi connectivity index (χ0) is 21.8. The second-order valence-corrected chi connectivity index (χ2v) is 9.17. The largest absolute Gasteiger partial charge is 0.490 e. The molecule has 0 aromatic carbocycles. The summed E-state index contributed by atoms with van der Waals surface area (Å²) in [5.41, 5.74) is 1.73. The predicted octanol–water partition coefficient (Wildman–Crippen LogP) is 3.27. The molecule has 2 aliphatic rings. The molecular weight excluding hydrogens is 396 g/mol. The van der Waals surface area contributed by atoms with Crippen LogP contribution in [0.25, 0.3) is 5.65 Å². The summed E-state index contributed by atoms with van der Waals surface area (Å²) in [6, 6.07) is 5.00. The van der Waals surface area contributed by atoms with Gasteiger partial charge in [-0.05, 0) is 52.2 Å². The summed E-state index contributed by atoms with van der Waals surface area (Å²) in [6.07, 6.45) is 8.14. The van der Waals surface area contributed by atoms with Crippen LogP contribution in [0.2, 0.25) is 0 Å². The molecular formula is C23H26N4O4. The zero-order valence-corrected chi connectivity index (χ0v) is 17.9. The van der Waals surface area contributed by atoms with E-state index in [1.165, 1.54) is 6.20 Å². The van der Waals surface area contributed by atoms with Crippen LogP contribution >= 0.6 is 0 Å². The highest BCUT2D eigenvalue weighted by Crippen LogP contribution is 2.53. The van der Waals surface area contributed by atoms with E-state index in [9.17, 15) is 9.59 Å². The molecule has 2 fully saturated rings. The SMILES string of the molecule is CC(C)Oc1cc2nc(C34CCC(C)(C3)OC4)cn2cc1C(=O)Nc1ccc[nH]c1=O. The lowest BCUT2D eigenvalue weighted by Gasteiger charge is -2.24. The van der Waals surface area contributed by atoms with Gasteiger partial charge in [-0.2, -0.15) is 0 Å². The van der Waals surface area contributed by atoms with Gasteiger partial charge in [0.1, 0.15) is 17.1 Å². The number of pyridine rings is 2. The molecule has 4 heterocycles. The Bertz CT molecular complexity index is 1220. The van der Waals surface area contributed by atoms with Crippen molar-refractivity contribution in [2.24, 2.45) is 0 Å². The number of imidazole rings is 1. The van der Waals surface area contributed by atoms with Gasteiger partial charge in [0.25, 0.3) is 11.5 Å². The number of carbonyl (C=O) groups is 1. The molecule has 1 aliphatic heterocycles. The Morgan fingerprint density at radius 1 is 1.35 bits per heavy atom. The quantitative estimate of drug-likeness (QED) is 0.658. The number of aromatic amines is 1. The number of anilines is 1. The molecule has 3 aromatic heterocycles. The number of ether oxygens (including phenoxy) is 2.